The van der Waals surface area contributed by atoms with Gasteiger partial charge in [-0.1, -0.05) is 58.1 Å². The lowest BCUT2D eigenvalue weighted by molar-refractivity contribution is 0.626. The van der Waals surface area contributed by atoms with E-state index in [2.05, 4.69) is 33.9 Å². The van der Waals surface area contributed by atoms with Crippen molar-refractivity contribution in [1.29, 1.82) is 0 Å². The highest BCUT2D eigenvalue weighted by Crippen LogP contribution is 2.47. The molecule has 0 aliphatic carbocycles. The van der Waals surface area contributed by atoms with Crippen LogP contribution >= 0.6 is 0 Å². The molecule has 0 saturated carbocycles. The van der Waals surface area contributed by atoms with E-state index in [0.717, 1.165) is 11.1 Å². The molecule has 0 saturated heterocycles. The van der Waals surface area contributed by atoms with Crippen molar-refractivity contribution in [2.45, 2.75) is 44.4 Å². The van der Waals surface area contributed by atoms with Gasteiger partial charge in [0.25, 0.3) is 0 Å². The first-order valence-corrected chi connectivity index (χ1v) is 10.7. The predicted octanol–water partition coefficient (Wildman–Crippen LogP) is 6.14. The van der Waals surface area contributed by atoms with Gasteiger partial charge in [-0.15, -0.1) is 0 Å². The summed E-state index contributed by atoms with van der Waals surface area (Å²) in [6, 6.07) is 13.5. The lowest BCUT2D eigenvalue weighted by Gasteiger charge is -2.44. The Hall–Kier alpha value is -1.48. The van der Waals surface area contributed by atoms with Crippen molar-refractivity contribution in [3.05, 3.63) is 71.3 Å². The first-order valence-electron chi connectivity index (χ1n) is 7.64. The first kappa shape index (κ1) is 16.9. The number of hydrogen-bond donors (Lipinski definition) is 0. The van der Waals surface area contributed by atoms with Crippen LogP contribution in [0.3, 0.4) is 0 Å². The second kappa shape index (κ2) is 5.96. The average molecular weight is 318 g/mol. The Bertz CT molecular complexity index is 576. The maximum atomic E-state index is 13.3. The Morgan fingerprint density at radius 3 is 1.32 bits per heavy atom. The van der Waals surface area contributed by atoms with Crippen LogP contribution in [0.1, 0.15) is 37.4 Å². The third-order valence-corrected chi connectivity index (χ3v) is 11.0. The fourth-order valence-electron chi connectivity index (χ4n) is 2.77. The highest BCUT2D eigenvalue weighted by atomic mass is 28.3. The van der Waals surface area contributed by atoms with Crippen LogP contribution in [0.15, 0.2) is 48.5 Å². The third kappa shape index (κ3) is 3.30. The van der Waals surface area contributed by atoms with Crippen LogP contribution in [0.4, 0.5) is 8.78 Å². The van der Waals surface area contributed by atoms with Gasteiger partial charge in [0.05, 0.1) is 8.07 Å². The molecule has 0 heterocycles. The zero-order valence-corrected chi connectivity index (χ0v) is 15.0. The highest BCUT2D eigenvalue weighted by Gasteiger charge is 2.43. The Balaban J connectivity index is 2.59. The molecule has 0 fully saturated rings. The zero-order chi connectivity index (χ0) is 16.5. The fourth-order valence-corrected chi connectivity index (χ4v) is 5.69. The minimum absolute atomic E-state index is 0.167. The van der Waals surface area contributed by atoms with Gasteiger partial charge in [-0.2, -0.15) is 0 Å². The molecule has 0 nitrogen and oxygen atoms in total. The Labute approximate surface area is 133 Å². The standard InChI is InChI=1S/C19H24F2Si/c1-19(2,3)22(4,5)18(14-6-10-16(20)11-7-14)15-8-12-17(21)13-9-15/h6-13,18H,1-5H3. The SMILES string of the molecule is CC(C)(C)[Si](C)(C)C(c1ccc(F)cc1)c1ccc(F)cc1. The van der Waals surface area contributed by atoms with Crippen molar-refractivity contribution in [3.63, 3.8) is 0 Å². The van der Waals surface area contributed by atoms with Gasteiger partial charge < -0.3 is 0 Å². The first-order chi connectivity index (χ1) is 10.1. The molecule has 3 heteroatoms. The van der Waals surface area contributed by atoms with E-state index in [-0.39, 0.29) is 22.2 Å². The van der Waals surface area contributed by atoms with Gasteiger partial charge in [0, 0.05) is 5.54 Å². The van der Waals surface area contributed by atoms with Gasteiger partial charge in [0.2, 0.25) is 0 Å². The number of halogens is 2. The van der Waals surface area contributed by atoms with Crippen LogP contribution in [-0.4, -0.2) is 8.07 Å². The lowest BCUT2D eigenvalue weighted by atomic mass is 10.0. The second-order valence-corrected chi connectivity index (χ2v) is 13.0. The van der Waals surface area contributed by atoms with Gasteiger partial charge in [-0.25, -0.2) is 8.78 Å². The second-order valence-electron chi connectivity index (χ2n) is 7.51. The van der Waals surface area contributed by atoms with Crippen molar-refractivity contribution in [1.82, 2.24) is 0 Å². The average Bonchev–Trinajstić information content (AvgIpc) is 2.42. The number of benzene rings is 2. The Kier molecular flexibility index (Phi) is 4.57. The van der Waals surface area contributed by atoms with Crippen LogP contribution in [0.2, 0.25) is 18.1 Å². The number of hydrogen-bond acceptors (Lipinski definition) is 0. The van der Waals surface area contributed by atoms with E-state index in [1.54, 1.807) is 0 Å². The van der Waals surface area contributed by atoms with Crippen molar-refractivity contribution in [2.24, 2.45) is 0 Å². The molecule has 0 bridgehead atoms. The molecule has 22 heavy (non-hydrogen) atoms. The van der Waals surface area contributed by atoms with Crippen LogP contribution in [-0.2, 0) is 0 Å². The van der Waals surface area contributed by atoms with Crippen molar-refractivity contribution >= 4 is 8.07 Å². The molecule has 0 aliphatic rings. The topological polar surface area (TPSA) is 0 Å². The molecule has 118 valence electrons. The maximum Gasteiger partial charge on any atom is 0.123 e. The Morgan fingerprint density at radius 1 is 0.727 bits per heavy atom. The van der Waals surface area contributed by atoms with E-state index >= 15 is 0 Å². The van der Waals surface area contributed by atoms with E-state index < -0.39 is 8.07 Å². The summed E-state index contributed by atoms with van der Waals surface area (Å²) in [6.07, 6.45) is 0. The summed E-state index contributed by atoms with van der Waals surface area (Å²) in [5, 5.41) is 0.167. The van der Waals surface area contributed by atoms with Gasteiger partial charge >= 0.3 is 0 Å². The summed E-state index contributed by atoms with van der Waals surface area (Å²) in [5.41, 5.74) is 2.42. The van der Waals surface area contributed by atoms with E-state index in [0.29, 0.717) is 0 Å². The molecular formula is C19H24F2Si. The monoisotopic (exact) mass is 318 g/mol. The smallest absolute Gasteiger partial charge is 0.123 e. The molecule has 0 N–H and O–H groups in total. The lowest BCUT2D eigenvalue weighted by Crippen LogP contribution is -2.44. The minimum Gasteiger partial charge on any atom is -0.207 e. The molecular weight excluding hydrogens is 294 g/mol. The molecule has 0 aromatic heterocycles. The summed E-state index contributed by atoms with van der Waals surface area (Å²) in [7, 11) is -1.80. The summed E-state index contributed by atoms with van der Waals surface area (Å²) < 4.78 is 26.6. The van der Waals surface area contributed by atoms with Crippen LogP contribution < -0.4 is 0 Å². The van der Waals surface area contributed by atoms with E-state index in [9.17, 15) is 8.78 Å². The molecule has 0 atom stereocenters. The predicted molar refractivity (Wildman–Crippen MR) is 91.8 cm³/mol. The van der Waals surface area contributed by atoms with Crippen LogP contribution in [0.25, 0.3) is 0 Å². The number of rotatable bonds is 3. The molecule has 0 radical (unpaired) electrons. The molecule has 0 aliphatic heterocycles. The van der Waals surface area contributed by atoms with Crippen molar-refractivity contribution in [2.75, 3.05) is 0 Å². The van der Waals surface area contributed by atoms with Gasteiger partial charge in [-0.3, -0.25) is 0 Å². The normalized spacial score (nSPS) is 12.7. The van der Waals surface area contributed by atoms with Crippen LogP contribution in [0.5, 0.6) is 0 Å². The zero-order valence-electron chi connectivity index (χ0n) is 14.0. The largest absolute Gasteiger partial charge is 0.207 e. The van der Waals surface area contributed by atoms with E-state index in [1.165, 1.54) is 24.3 Å². The highest BCUT2D eigenvalue weighted by molar-refractivity contribution is 6.82. The summed E-state index contributed by atoms with van der Waals surface area (Å²) >= 11 is 0. The summed E-state index contributed by atoms with van der Waals surface area (Å²) in [4.78, 5) is 0. The van der Waals surface area contributed by atoms with E-state index in [1.807, 2.05) is 24.3 Å². The molecule has 2 aromatic rings. The van der Waals surface area contributed by atoms with Gasteiger partial charge in [0.1, 0.15) is 11.6 Å². The fraction of sp³-hybridized carbons (Fsp3) is 0.368. The summed E-state index contributed by atoms with van der Waals surface area (Å²) in [5.74, 6) is -0.450. The molecule has 0 spiro atoms. The molecule has 2 rings (SSSR count). The maximum absolute atomic E-state index is 13.3. The molecule has 0 unspecified atom stereocenters. The molecule has 0 amide bonds. The van der Waals surface area contributed by atoms with Gasteiger partial charge in [-0.05, 0) is 40.4 Å². The minimum atomic E-state index is -1.80. The summed E-state index contributed by atoms with van der Waals surface area (Å²) in [6.45, 7) is 11.5. The van der Waals surface area contributed by atoms with Crippen molar-refractivity contribution in [3.8, 4) is 0 Å². The third-order valence-electron chi connectivity index (χ3n) is 5.06. The molecule has 2 aromatic carbocycles. The van der Waals surface area contributed by atoms with Crippen LogP contribution in [0, 0.1) is 11.6 Å². The van der Waals surface area contributed by atoms with Crippen molar-refractivity contribution < 1.29 is 8.78 Å². The Morgan fingerprint density at radius 2 is 1.05 bits per heavy atom. The van der Waals surface area contributed by atoms with E-state index in [4.69, 9.17) is 0 Å². The van der Waals surface area contributed by atoms with Gasteiger partial charge in [0.15, 0.2) is 0 Å². The quantitative estimate of drug-likeness (QED) is 0.596.